The highest BCUT2D eigenvalue weighted by atomic mass is 35.5. The lowest BCUT2D eigenvalue weighted by molar-refractivity contribution is 0.281. The second-order valence-corrected chi connectivity index (χ2v) is 9.23. The van der Waals surface area contributed by atoms with Crippen molar-refractivity contribution in [2.24, 2.45) is 0 Å². The van der Waals surface area contributed by atoms with Crippen molar-refractivity contribution in [3.05, 3.63) is 75.5 Å². The van der Waals surface area contributed by atoms with Gasteiger partial charge in [-0.2, -0.15) is 0 Å². The summed E-state index contributed by atoms with van der Waals surface area (Å²) in [5.74, 6) is 2.91. The van der Waals surface area contributed by atoms with Gasteiger partial charge in [0.25, 0.3) is 10.0 Å². The summed E-state index contributed by atoms with van der Waals surface area (Å²) < 4.78 is 56.5. The number of sulfonamides is 1. The largest absolute Gasteiger partial charge is 0.394 e. The maximum atomic E-state index is 14.9. The lowest BCUT2D eigenvalue weighted by Gasteiger charge is -2.11. The fraction of sp³-hybridized carbons (Fsp3) is 0.143. The normalized spacial score (nSPS) is 11.9. The molecule has 3 N–H and O–H groups in total. The summed E-state index contributed by atoms with van der Waals surface area (Å²) >= 11 is 11.8. The van der Waals surface area contributed by atoms with Crippen LogP contribution in [0.3, 0.4) is 0 Å². The molecule has 1 aromatic heterocycles. The van der Waals surface area contributed by atoms with E-state index in [1.54, 1.807) is 6.92 Å². The van der Waals surface area contributed by atoms with E-state index in [-0.39, 0.29) is 39.1 Å². The molecule has 3 aromatic rings. The summed E-state index contributed by atoms with van der Waals surface area (Å²) in [7, 11) is -4.32. The van der Waals surface area contributed by atoms with Gasteiger partial charge in [0.05, 0.1) is 28.4 Å². The monoisotopic (exact) mass is 512 g/mol. The van der Waals surface area contributed by atoms with Crippen molar-refractivity contribution in [3.63, 3.8) is 0 Å². The molecule has 0 aliphatic heterocycles. The second kappa shape index (κ2) is 10.3. The van der Waals surface area contributed by atoms with Gasteiger partial charge >= 0.3 is 0 Å². The SMILES string of the molecule is CC(CO)Nc1ncc(C#Cc2c(F)ccc(NS(=O)(=O)c3cc(Cl)ccc3Cl)c2F)cn1. The first-order chi connectivity index (χ1) is 15.6. The van der Waals surface area contributed by atoms with E-state index >= 15 is 0 Å². The summed E-state index contributed by atoms with van der Waals surface area (Å²) in [6.45, 7) is 1.61. The lowest BCUT2D eigenvalue weighted by Crippen LogP contribution is -2.20. The molecule has 0 saturated heterocycles. The van der Waals surface area contributed by atoms with Crippen LogP contribution in [-0.2, 0) is 10.0 Å². The lowest BCUT2D eigenvalue weighted by atomic mass is 10.1. The fourth-order valence-corrected chi connectivity index (χ4v) is 4.32. The Balaban J connectivity index is 1.89. The number of nitrogens with one attached hydrogen (secondary N) is 2. The van der Waals surface area contributed by atoms with Crippen LogP contribution in [0.15, 0.2) is 47.6 Å². The minimum Gasteiger partial charge on any atom is -0.394 e. The van der Waals surface area contributed by atoms with Crippen LogP contribution in [0.5, 0.6) is 0 Å². The first kappa shape index (κ1) is 24.7. The number of nitrogens with zero attached hydrogens (tertiary/aromatic N) is 2. The Labute approximate surface area is 198 Å². The molecule has 0 aliphatic rings. The third kappa shape index (κ3) is 6.09. The number of hydrogen-bond donors (Lipinski definition) is 3. The highest BCUT2D eigenvalue weighted by molar-refractivity contribution is 7.92. The van der Waals surface area contributed by atoms with Gasteiger partial charge in [0.1, 0.15) is 10.7 Å². The van der Waals surface area contributed by atoms with Gasteiger partial charge in [-0.15, -0.1) is 0 Å². The molecule has 0 radical (unpaired) electrons. The van der Waals surface area contributed by atoms with Crippen molar-refractivity contribution in [1.29, 1.82) is 0 Å². The van der Waals surface area contributed by atoms with Crippen LogP contribution in [-0.4, -0.2) is 36.1 Å². The van der Waals surface area contributed by atoms with Gasteiger partial charge in [-0.3, -0.25) is 4.72 Å². The van der Waals surface area contributed by atoms with E-state index in [4.69, 9.17) is 28.3 Å². The quantitative estimate of drug-likeness (QED) is 0.430. The number of rotatable bonds is 6. The van der Waals surface area contributed by atoms with Gasteiger partial charge in [0.2, 0.25) is 5.95 Å². The van der Waals surface area contributed by atoms with Crippen molar-refractivity contribution >= 4 is 44.9 Å². The zero-order valence-electron chi connectivity index (χ0n) is 16.9. The molecule has 172 valence electrons. The third-order valence-corrected chi connectivity index (χ3v) is 6.23. The van der Waals surface area contributed by atoms with Crippen LogP contribution in [0.25, 0.3) is 0 Å². The third-order valence-electron chi connectivity index (χ3n) is 4.15. The zero-order valence-corrected chi connectivity index (χ0v) is 19.2. The molecule has 33 heavy (non-hydrogen) atoms. The van der Waals surface area contributed by atoms with Gasteiger partial charge in [0.15, 0.2) is 5.82 Å². The summed E-state index contributed by atoms with van der Waals surface area (Å²) in [5.41, 5.74) is -0.915. The maximum Gasteiger partial charge on any atom is 0.263 e. The van der Waals surface area contributed by atoms with Crippen LogP contribution < -0.4 is 10.0 Å². The van der Waals surface area contributed by atoms with Crippen molar-refractivity contribution in [2.75, 3.05) is 16.6 Å². The minimum absolute atomic E-state index is 0.111. The number of hydrogen-bond acceptors (Lipinski definition) is 6. The van der Waals surface area contributed by atoms with Gasteiger partial charge < -0.3 is 10.4 Å². The minimum atomic E-state index is -4.32. The van der Waals surface area contributed by atoms with Crippen molar-refractivity contribution < 1.29 is 22.3 Å². The molecule has 0 saturated carbocycles. The summed E-state index contributed by atoms with van der Waals surface area (Å²) in [4.78, 5) is 7.63. The zero-order chi connectivity index (χ0) is 24.2. The molecule has 1 unspecified atom stereocenters. The van der Waals surface area contributed by atoms with E-state index in [1.165, 1.54) is 24.5 Å². The van der Waals surface area contributed by atoms with Crippen molar-refractivity contribution in [3.8, 4) is 11.8 Å². The van der Waals surface area contributed by atoms with E-state index in [0.717, 1.165) is 18.2 Å². The molecule has 12 heteroatoms. The molecule has 0 amide bonds. The first-order valence-corrected chi connectivity index (χ1v) is 11.5. The molecule has 1 heterocycles. The number of aliphatic hydroxyl groups excluding tert-OH is 1. The summed E-state index contributed by atoms with van der Waals surface area (Å²) in [5, 5.41) is 11.9. The fourth-order valence-electron chi connectivity index (χ4n) is 2.50. The van der Waals surface area contributed by atoms with Gasteiger partial charge in [0, 0.05) is 23.5 Å². The van der Waals surface area contributed by atoms with Crippen molar-refractivity contribution in [2.45, 2.75) is 17.9 Å². The smallest absolute Gasteiger partial charge is 0.263 e. The van der Waals surface area contributed by atoms with Crippen LogP contribution in [0.1, 0.15) is 18.1 Å². The van der Waals surface area contributed by atoms with Crippen LogP contribution in [0.4, 0.5) is 20.4 Å². The van der Waals surface area contributed by atoms with Gasteiger partial charge in [-0.05, 0) is 37.3 Å². The molecule has 0 aliphatic carbocycles. The average molecular weight is 513 g/mol. The van der Waals surface area contributed by atoms with Gasteiger partial charge in [-0.25, -0.2) is 27.2 Å². The molecule has 0 fully saturated rings. The second-order valence-electron chi connectivity index (χ2n) is 6.74. The molecule has 3 rings (SSSR count). The number of halogens is 4. The van der Waals surface area contributed by atoms with Crippen LogP contribution in [0, 0.1) is 23.5 Å². The highest BCUT2D eigenvalue weighted by Gasteiger charge is 2.22. The van der Waals surface area contributed by atoms with Crippen molar-refractivity contribution in [1.82, 2.24) is 9.97 Å². The number of aromatic nitrogens is 2. The van der Waals surface area contributed by atoms with Crippen LogP contribution in [0.2, 0.25) is 10.0 Å². The molecule has 1 atom stereocenters. The van der Waals surface area contributed by atoms with Gasteiger partial charge in [-0.1, -0.05) is 35.0 Å². The predicted octanol–water partition coefficient (Wildman–Crippen LogP) is 4.05. The Kier molecular flexibility index (Phi) is 7.71. The van der Waals surface area contributed by atoms with Crippen LogP contribution >= 0.6 is 23.2 Å². The van der Waals surface area contributed by atoms with E-state index in [0.29, 0.717) is 0 Å². The van der Waals surface area contributed by atoms with E-state index in [2.05, 4.69) is 27.1 Å². The Hall–Kier alpha value is -2.97. The summed E-state index contributed by atoms with van der Waals surface area (Å²) in [6, 6.07) is 5.33. The molecular weight excluding hydrogens is 497 g/mol. The standard InChI is InChI=1S/C21H16Cl2F2N4O3S/c1-12(11-30)28-21-26-9-13(10-27-21)2-4-15-17(24)6-7-18(20(15)25)29-33(31,32)19-8-14(22)3-5-16(19)23/h3,5-10,12,29-30H,11H2,1H3,(H,26,27,28). The number of benzene rings is 2. The molecule has 2 aromatic carbocycles. The Morgan fingerprint density at radius 3 is 2.48 bits per heavy atom. The maximum absolute atomic E-state index is 14.9. The van der Waals surface area contributed by atoms with E-state index in [1.807, 2.05) is 4.72 Å². The van der Waals surface area contributed by atoms with E-state index < -0.39 is 32.9 Å². The predicted molar refractivity (Wildman–Crippen MR) is 122 cm³/mol. The number of anilines is 2. The van der Waals surface area contributed by atoms with E-state index in [9.17, 15) is 17.2 Å². The molecule has 7 nitrogen and oxygen atoms in total. The first-order valence-electron chi connectivity index (χ1n) is 9.28. The Morgan fingerprint density at radius 2 is 1.82 bits per heavy atom. The molecular formula is C21H16Cl2F2N4O3S. The molecule has 0 spiro atoms. The summed E-state index contributed by atoms with van der Waals surface area (Å²) in [6.07, 6.45) is 2.66. The highest BCUT2D eigenvalue weighted by Crippen LogP contribution is 2.28. The topological polar surface area (TPSA) is 104 Å². The molecule has 0 bridgehead atoms. The Morgan fingerprint density at radius 1 is 1.12 bits per heavy atom. The number of aliphatic hydroxyl groups is 1. The average Bonchev–Trinajstić information content (AvgIpc) is 2.78. The Bertz CT molecular complexity index is 1340.